The molecule has 4 rings (SSSR count). The van der Waals surface area contributed by atoms with Crippen LogP contribution in [0.2, 0.25) is 0 Å². The summed E-state index contributed by atoms with van der Waals surface area (Å²) in [7, 11) is 0. The second-order valence-electron chi connectivity index (χ2n) is 6.86. The lowest BCUT2D eigenvalue weighted by Crippen LogP contribution is -2.37. The summed E-state index contributed by atoms with van der Waals surface area (Å²) in [6, 6.07) is 13.8. The first-order valence-corrected chi connectivity index (χ1v) is 9.02. The molecule has 0 amide bonds. The summed E-state index contributed by atoms with van der Waals surface area (Å²) in [6.45, 7) is 3.43. The maximum absolute atomic E-state index is 13.1. The van der Waals surface area contributed by atoms with Crippen LogP contribution in [0.25, 0.3) is 5.69 Å². The van der Waals surface area contributed by atoms with E-state index in [0.717, 1.165) is 18.5 Å². The van der Waals surface area contributed by atoms with Gasteiger partial charge in [-0.15, -0.1) is 0 Å². The Kier molecular flexibility index (Phi) is 4.66. The van der Waals surface area contributed by atoms with Gasteiger partial charge in [0.05, 0.1) is 5.69 Å². The van der Waals surface area contributed by atoms with Crippen molar-refractivity contribution >= 4 is 11.7 Å². The summed E-state index contributed by atoms with van der Waals surface area (Å²) < 4.78 is 14.8. The highest BCUT2D eigenvalue weighted by atomic mass is 19.1. The van der Waals surface area contributed by atoms with Crippen molar-refractivity contribution in [3.8, 4) is 5.69 Å². The summed E-state index contributed by atoms with van der Waals surface area (Å²) in [5, 5.41) is 12.1. The molecular formula is C20H20FN5O. The summed E-state index contributed by atoms with van der Waals surface area (Å²) in [4.78, 5) is 14.7. The van der Waals surface area contributed by atoms with E-state index < -0.39 is 0 Å². The van der Waals surface area contributed by atoms with Crippen LogP contribution < -0.4 is 4.90 Å². The van der Waals surface area contributed by atoms with Gasteiger partial charge in [-0.05, 0) is 66.6 Å². The molecule has 0 atom stereocenters. The van der Waals surface area contributed by atoms with E-state index in [9.17, 15) is 9.18 Å². The molecular weight excluding hydrogens is 345 g/mol. The highest BCUT2D eigenvalue weighted by Crippen LogP contribution is 2.25. The van der Waals surface area contributed by atoms with Crippen molar-refractivity contribution in [2.75, 3.05) is 18.0 Å². The molecule has 0 bridgehead atoms. The highest BCUT2D eigenvalue weighted by molar-refractivity contribution is 5.97. The number of carbonyl (C=O) groups is 1. The van der Waals surface area contributed by atoms with Gasteiger partial charge in [0.2, 0.25) is 5.95 Å². The number of hydrogen-bond donors (Lipinski definition) is 0. The first-order valence-electron chi connectivity index (χ1n) is 9.02. The van der Waals surface area contributed by atoms with Crippen LogP contribution in [0.1, 0.15) is 28.8 Å². The van der Waals surface area contributed by atoms with Gasteiger partial charge in [-0.1, -0.05) is 22.8 Å². The number of anilines is 1. The van der Waals surface area contributed by atoms with E-state index in [-0.39, 0.29) is 17.5 Å². The van der Waals surface area contributed by atoms with Gasteiger partial charge in [-0.2, -0.15) is 4.68 Å². The predicted molar refractivity (Wildman–Crippen MR) is 99.6 cm³/mol. The molecule has 0 saturated carbocycles. The quantitative estimate of drug-likeness (QED) is 0.665. The fraction of sp³-hybridized carbons (Fsp3) is 0.300. The molecule has 27 heavy (non-hydrogen) atoms. The van der Waals surface area contributed by atoms with Gasteiger partial charge >= 0.3 is 0 Å². The Labute approximate surface area is 156 Å². The van der Waals surface area contributed by atoms with Crippen molar-refractivity contribution in [1.82, 2.24) is 20.2 Å². The van der Waals surface area contributed by atoms with Gasteiger partial charge in [0.1, 0.15) is 5.82 Å². The zero-order chi connectivity index (χ0) is 18.8. The number of benzene rings is 2. The number of tetrazole rings is 1. The maximum atomic E-state index is 13.1. The van der Waals surface area contributed by atoms with Gasteiger partial charge in [0.25, 0.3) is 0 Å². The molecule has 3 aromatic rings. The third kappa shape index (κ3) is 3.58. The van der Waals surface area contributed by atoms with Gasteiger partial charge in [-0.25, -0.2) is 4.39 Å². The van der Waals surface area contributed by atoms with Crippen molar-refractivity contribution in [2.24, 2.45) is 5.92 Å². The van der Waals surface area contributed by atoms with E-state index in [0.29, 0.717) is 24.6 Å². The first kappa shape index (κ1) is 17.3. The topological polar surface area (TPSA) is 63.9 Å². The van der Waals surface area contributed by atoms with E-state index in [1.807, 2.05) is 31.2 Å². The van der Waals surface area contributed by atoms with Crippen molar-refractivity contribution in [3.05, 3.63) is 65.5 Å². The third-order valence-corrected chi connectivity index (χ3v) is 5.01. The van der Waals surface area contributed by atoms with E-state index in [1.54, 1.807) is 16.8 Å². The Morgan fingerprint density at radius 1 is 1.04 bits per heavy atom. The number of carbonyl (C=O) groups excluding carboxylic acids is 1. The highest BCUT2D eigenvalue weighted by Gasteiger charge is 2.28. The number of aryl methyl sites for hydroxylation is 1. The number of hydrogen-bond acceptors (Lipinski definition) is 5. The van der Waals surface area contributed by atoms with Crippen molar-refractivity contribution in [2.45, 2.75) is 19.8 Å². The number of ketones is 1. The van der Waals surface area contributed by atoms with Crippen LogP contribution in [0.15, 0.2) is 48.5 Å². The molecule has 1 aliphatic rings. The Morgan fingerprint density at radius 3 is 2.37 bits per heavy atom. The molecule has 0 radical (unpaired) electrons. The second kappa shape index (κ2) is 7.26. The first-order chi connectivity index (χ1) is 13.1. The molecule has 2 heterocycles. The lowest BCUT2D eigenvalue weighted by atomic mass is 9.89. The summed E-state index contributed by atoms with van der Waals surface area (Å²) in [5.41, 5.74) is 2.65. The average molecular weight is 365 g/mol. The lowest BCUT2D eigenvalue weighted by Gasteiger charge is -2.31. The number of nitrogens with zero attached hydrogens (tertiary/aromatic N) is 5. The fourth-order valence-corrected chi connectivity index (χ4v) is 3.42. The zero-order valence-corrected chi connectivity index (χ0v) is 15.0. The normalized spacial score (nSPS) is 15.1. The molecule has 2 aromatic carbocycles. The summed E-state index contributed by atoms with van der Waals surface area (Å²) in [6.07, 6.45) is 1.44. The summed E-state index contributed by atoms with van der Waals surface area (Å²) >= 11 is 0. The smallest absolute Gasteiger partial charge is 0.250 e. The minimum Gasteiger partial charge on any atom is -0.339 e. The van der Waals surface area contributed by atoms with Crippen LogP contribution in [0.5, 0.6) is 0 Å². The maximum Gasteiger partial charge on any atom is 0.250 e. The Morgan fingerprint density at radius 2 is 1.70 bits per heavy atom. The van der Waals surface area contributed by atoms with Crippen LogP contribution in [0.4, 0.5) is 10.3 Å². The lowest BCUT2D eigenvalue weighted by molar-refractivity contribution is 0.0900. The standard InChI is InChI=1S/C20H20FN5O/c1-14-2-8-18(9-3-14)26-20(22-23-24-26)25-12-10-16(11-13-25)19(27)15-4-6-17(21)7-5-15/h2-9,16H,10-13H2,1H3. The van der Waals surface area contributed by atoms with Crippen molar-refractivity contribution in [1.29, 1.82) is 0 Å². The molecule has 1 saturated heterocycles. The van der Waals surface area contributed by atoms with Crippen molar-refractivity contribution < 1.29 is 9.18 Å². The second-order valence-corrected chi connectivity index (χ2v) is 6.86. The van der Waals surface area contributed by atoms with Gasteiger partial charge in [0.15, 0.2) is 5.78 Å². The number of rotatable bonds is 4. The van der Waals surface area contributed by atoms with Crippen LogP contribution in [0, 0.1) is 18.7 Å². The summed E-state index contributed by atoms with van der Waals surface area (Å²) in [5.74, 6) is 0.374. The number of Topliss-reactive ketones (excluding diaryl/α,β-unsaturated/α-hetero) is 1. The van der Waals surface area contributed by atoms with E-state index in [1.165, 1.54) is 17.7 Å². The Bertz CT molecular complexity index is 928. The molecule has 0 aliphatic carbocycles. The monoisotopic (exact) mass is 365 g/mol. The minimum absolute atomic E-state index is 0.0598. The average Bonchev–Trinajstić information content (AvgIpc) is 3.18. The van der Waals surface area contributed by atoms with E-state index in [2.05, 4.69) is 20.4 Å². The number of aromatic nitrogens is 4. The molecule has 1 aliphatic heterocycles. The number of halogens is 1. The molecule has 7 heteroatoms. The Balaban J connectivity index is 1.46. The number of piperidine rings is 1. The van der Waals surface area contributed by atoms with Gasteiger partial charge < -0.3 is 4.90 Å². The molecule has 1 aromatic heterocycles. The van der Waals surface area contributed by atoms with Crippen molar-refractivity contribution in [3.63, 3.8) is 0 Å². The van der Waals surface area contributed by atoms with Crippen LogP contribution in [-0.4, -0.2) is 39.1 Å². The van der Waals surface area contributed by atoms with Gasteiger partial charge in [0, 0.05) is 24.6 Å². The van der Waals surface area contributed by atoms with E-state index in [4.69, 9.17) is 0 Å². The molecule has 1 fully saturated rings. The van der Waals surface area contributed by atoms with Crippen LogP contribution in [-0.2, 0) is 0 Å². The van der Waals surface area contributed by atoms with E-state index >= 15 is 0 Å². The zero-order valence-electron chi connectivity index (χ0n) is 15.0. The SMILES string of the molecule is Cc1ccc(-n2nnnc2N2CCC(C(=O)c3ccc(F)cc3)CC2)cc1. The largest absolute Gasteiger partial charge is 0.339 e. The molecule has 0 N–H and O–H groups in total. The third-order valence-electron chi connectivity index (χ3n) is 5.01. The molecule has 0 unspecified atom stereocenters. The van der Waals surface area contributed by atoms with Crippen LogP contribution in [0.3, 0.4) is 0 Å². The van der Waals surface area contributed by atoms with Gasteiger partial charge in [-0.3, -0.25) is 4.79 Å². The molecule has 0 spiro atoms. The predicted octanol–water partition coefficient (Wildman–Crippen LogP) is 3.21. The van der Waals surface area contributed by atoms with Crippen LogP contribution >= 0.6 is 0 Å². The fourth-order valence-electron chi connectivity index (χ4n) is 3.42. The minimum atomic E-state index is -0.329. The Hall–Kier alpha value is -3.09. The molecule has 138 valence electrons. The molecule has 6 nitrogen and oxygen atoms in total.